The molecule has 5 nitrogen and oxygen atoms in total. The van der Waals surface area contributed by atoms with Crippen LogP contribution in [0.2, 0.25) is 0 Å². The number of nitrogens with zero attached hydrogens (tertiary/aromatic N) is 1. The Kier molecular flexibility index (Phi) is 3.17. The lowest BCUT2D eigenvalue weighted by Gasteiger charge is -2.27. The van der Waals surface area contributed by atoms with Crippen LogP contribution in [0.4, 0.5) is 0 Å². The molecule has 24 heavy (non-hydrogen) atoms. The zero-order valence-corrected chi connectivity index (χ0v) is 12.9. The van der Waals surface area contributed by atoms with Crippen LogP contribution in [0.5, 0.6) is 11.5 Å². The molecule has 0 fully saturated rings. The predicted molar refractivity (Wildman–Crippen MR) is 88.5 cm³/mol. The summed E-state index contributed by atoms with van der Waals surface area (Å²) in [5.41, 5.74) is 8.93. The standard InChI is InChI=1S/C19H14N2O3/c1-22-12-4-2-3-11(9-12)17-14-5-6-16-13(7-8-23-16)18(14)24-19(21)15(17)10-20/h2-9,17H,21H2,1H3. The molecule has 1 aliphatic heterocycles. The van der Waals surface area contributed by atoms with Gasteiger partial charge in [0, 0.05) is 5.56 Å². The first kappa shape index (κ1) is 14.2. The minimum Gasteiger partial charge on any atom is -0.497 e. The number of fused-ring (bicyclic) bond motifs is 3. The third-order valence-corrected chi connectivity index (χ3v) is 4.24. The zero-order valence-electron chi connectivity index (χ0n) is 12.9. The van der Waals surface area contributed by atoms with Crippen LogP contribution in [-0.2, 0) is 0 Å². The van der Waals surface area contributed by atoms with Gasteiger partial charge in [-0.3, -0.25) is 0 Å². The summed E-state index contributed by atoms with van der Waals surface area (Å²) in [4.78, 5) is 0. The average molecular weight is 318 g/mol. The Morgan fingerprint density at radius 1 is 1.21 bits per heavy atom. The van der Waals surface area contributed by atoms with Gasteiger partial charge in [-0.25, -0.2) is 0 Å². The lowest BCUT2D eigenvalue weighted by molar-refractivity contribution is 0.397. The minimum absolute atomic E-state index is 0.117. The van der Waals surface area contributed by atoms with Gasteiger partial charge in [0.15, 0.2) is 0 Å². The van der Waals surface area contributed by atoms with Gasteiger partial charge in [0.05, 0.1) is 24.7 Å². The topological polar surface area (TPSA) is 81.4 Å². The average Bonchev–Trinajstić information content (AvgIpc) is 3.09. The Balaban J connectivity index is 1.99. The molecule has 0 radical (unpaired) electrons. The van der Waals surface area contributed by atoms with Gasteiger partial charge in [0.2, 0.25) is 5.88 Å². The van der Waals surface area contributed by atoms with Crippen LogP contribution in [0.15, 0.2) is 64.6 Å². The Morgan fingerprint density at radius 2 is 2.08 bits per heavy atom. The summed E-state index contributed by atoms with van der Waals surface area (Å²) in [6, 6.07) is 15.4. The van der Waals surface area contributed by atoms with E-state index in [0.29, 0.717) is 16.9 Å². The molecule has 0 amide bonds. The third-order valence-electron chi connectivity index (χ3n) is 4.24. The molecule has 0 bridgehead atoms. The van der Waals surface area contributed by atoms with E-state index < -0.39 is 0 Å². The van der Waals surface area contributed by atoms with Crippen LogP contribution < -0.4 is 15.2 Å². The first-order valence-corrected chi connectivity index (χ1v) is 7.44. The molecule has 3 aromatic rings. The molecule has 1 atom stereocenters. The number of hydrogen-bond acceptors (Lipinski definition) is 5. The number of rotatable bonds is 2. The van der Waals surface area contributed by atoms with Gasteiger partial charge in [-0.05, 0) is 29.8 Å². The molecule has 0 aliphatic carbocycles. The van der Waals surface area contributed by atoms with Crippen LogP contribution >= 0.6 is 0 Å². The van der Waals surface area contributed by atoms with E-state index in [0.717, 1.165) is 22.3 Å². The summed E-state index contributed by atoms with van der Waals surface area (Å²) < 4.78 is 16.5. The number of nitriles is 1. The largest absolute Gasteiger partial charge is 0.497 e. The molecular formula is C19H14N2O3. The summed E-state index contributed by atoms with van der Waals surface area (Å²) in [5, 5.41) is 10.4. The van der Waals surface area contributed by atoms with Crippen molar-refractivity contribution in [3.63, 3.8) is 0 Å². The van der Waals surface area contributed by atoms with Gasteiger partial charge in [-0.15, -0.1) is 0 Å². The number of benzene rings is 2. The summed E-state index contributed by atoms with van der Waals surface area (Å²) >= 11 is 0. The van der Waals surface area contributed by atoms with Crippen molar-refractivity contribution in [2.45, 2.75) is 5.92 Å². The van der Waals surface area contributed by atoms with E-state index in [4.69, 9.17) is 19.6 Å². The van der Waals surface area contributed by atoms with Crippen molar-refractivity contribution in [1.29, 1.82) is 5.26 Å². The fraction of sp³-hybridized carbons (Fsp3) is 0.105. The van der Waals surface area contributed by atoms with Gasteiger partial charge in [0.1, 0.15) is 28.7 Å². The summed E-state index contributed by atoms with van der Waals surface area (Å²) in [7, 11) is 1.61. The fourth-order valence-corrected chi connectivity index (χ4v) is 3.13. The lowest BCUT2D eigenvalue weighted by atomic mass is 9.83. The van der Waals surface area contributed by atoms with Crippen LogP contribution in [-0.4, -0.2) is 7.11 Å². The molecule has 1 aromatic heterocycles. The first-order chi connectivity index (χ1) is 11.7. The van der Waals surface area contributed by atoms with Crippen molar-refractivity contribution in [1.82, 2.24) is 0 Å². The minimum atomic E-state index is -0.312. The SMILES string of the molecule is COc1cccc(C2C(C#N)=C(N)Oc3c2ccc2occc32)c1. The number of furan rings is 1. The maximum absolute atomic E-state index is 9.60. The fourth-order valence-electron chi connectivity index (χ4n) is 3.13. The third kappa shape index (κ3) is 2.01. The van der Waals surface area contributed by atoms with Crippen LogP contribution in [0, 0.1) is 11.3 Å². The van der Waals surface area contributed by atoms with Crippen molar-refractivity contribution in [3.05, 3.63) is 71.3 Å². The van der Waals surface area contributed by atoms with E-state index in [-0.39, 0.29) is 11.8 Å². The second-order valence-electron chi connectivity index (χ2n) is 5.52. The number of nitrogens with two attached hydrogens (primary N) is 1. The second kappa shape index (κ2) is 5.36. The Morgan fingerprint density at radius 3 is 2.88 bits per heavy atom. The van der Waals surface area contributed by atoms with Crippen molar-refractivity contribution in [2.24, 2.45) is 5.73 Å². The van der Waals surface area contributed by atoms with Gasteiger partial charge in [-0.2, -0.15) is 5.26 Å². The normalized spacial score (nSPS) is 16.4. The quantitative estimate of drug-likeness (QED) is 0.780. The Labute approximate surface area is 138 Å². The Hall–Kier alpha value is -3.39. The highest BCUT2D eigenvalue weighted by Crippen LogP contribution is 2.45. The van der Waals surface area contributed by atoms with Crippen molar-refractivity contribution >= 4 is 11.0 Å². The van der Waals surface area contributed by atoms with E-state index in [9.17, 15) is 5.26 Å². The molecule has 0 saturated carbocycles. The number of ether oxygens (including phenoxy) is 2. The Bertz CT molecular complexity index is 1010. The van der Waals surface area contributed by atoms with Crippen LogP contribution in [0.3, 0.4) is 0 Å². The molecular weight excluding hydrogens is 304 g/mol. The molecule has 2 heterocycles. The van der Waals surface area contributed by atoms with Gasteiger partial charge in [0.25, 0.3) is 0 Å². The number of hydrogen-bond donors (Lipinski definition) is 1. The van der Waals surface area contributed by atoms with Crippen molar-refractivity contribution in [2.75, 3.05) is 7.11 Å². The molecule has 2 N–H and O–H groups in total. The number of allylic oxidation sites excluding steroid dienone is 1. The van der Waals surface area contributed by atoms with E-state index in [1.165, 1.54) is 0 Å². The van der Waals surface area contributed by atoms with Crippen LogP contribution in [0.25, 0.3) is 11.0 Å². The maximum atomic E-state index is 9.60. The summed E-state index contributed by atoms with van der Waals surface area (Å²) in [5.74, 6) is 1.16. The monoisotopic (exact) mass is 318 g/mol. The van der Waals surface area contributed by atoms with Gasteiger partial charge < -0.3 is 19.6 Å². The van der Waals surface area contributed by atoms with Gasteiger partial charge >= 0.3 is 0 Å². The summed E-state index contributed by atoms with van der Waals surface area (Å²) in [6.45, 7) is 0. The number of methoxy groups -OCH3 is 1. The highest BCUT2D eigenvalue weighted by molar-refractivity contribution is 5.87. The molecule has 1 aliphatic rings. The van der Waals surface area contributed by atoms with Crippen molar-refractivity contribution < 1.29 is 13.9 Å². The van der Waals surface area contributed by atoms with E-state index in [1.54, 1.807) is 13.4 Å². The van der Waals surface area contributed by atoms with E-state index in [1.807, 2.05) is 42.5 Å². The zero-order chi connectivity index (χ0) is 16.7. The smallest absolute Gasteiger partial charge is 0.205 e. The molecule has 0 saturated heterocycles. The van der Waals surface area contributed by atoms with E-state index >= 15 is 0 Å². The molecule has 5 heteroatoms. The van der Waals surface area contributed by atoms with Gasteiger partial charge in [-0.1, -0.05) is 18.2 Å². The van der Waals surface area contributed by atoms with Crippen molar-refractivity contribution in [3.8, 4) is 17.6 Å². The lowest BCUT2D eigenvalue weighted by Crippen LogP contribution is -2.21. The van der Waals surface area contributed by atoms with Crippen LogP contribution in [0.1, 0.15) is 17.0 Å². The molecule has 4 rings (SSSR count). The molecule has 2 aromatic carbocycles. The second-order valence-corrected chi connectivity index (χ2v) is 5.52. The molecule has 0 spiro atoms. The molecule has 1 unspecified atom stereocenters. The summed E-state index contributed by atoms with van der Waals surface area (Å²) in [6.07, 6.45) is 1.61. The first-order valence-electron chi connectivity index (χ1n) is 7.44. The maximum Gasteiger partial charge on any atom is 0.205 e. The van der Waals surface area contributed by atoms with E-state index in [2.05, 4.69) is 6.07 Å². The highest BCUT2D eigenvalue weighted by Gasteiger charge is 2.32. The molecule has 118 valence electrons. The predicted octanol–water partition coefficient (Wildman–Crippen LogP) is 3.66. The highest BCUT2D eigenvalue weighted by atomic mass is 16.5.